The number of nitrogens with zero attached hydrogens (tertiary/aromatic N) is 1. The standard InChI is InChI=1S/C10H8ClN3S/c11-9-4-7-3-8(14-10(12)15)2-1-6(7)5-13-9/h1-5H,(H3,12,14,15). The molecule has 0 aliphatic heterocycles. The van der Waals surface area contributed by atoms with E-state index >= 15 is 0 Å². The summed E-state index contributed by atoms with van der Waals surface area (Å²) >= 11 is 10.5. The van der Waals surface area contributed by atoms with Gasteiger partial charge in [-0.2, -0.15) is 0 Å². The maximum absolute atomic E-state index is 5.79. The van der Waals surface area contributed by atoms with Crippen LogP contribution in [0, 0.1) is 0 Å². The third-order valence-electron chi connectivity index (χ3n) is 1.96. The van der Waals surface area contributed by atoms with Crippen molar-refractivity contribution in [2.45, 2.75) is 0 Å². The van der Waals surface area contributed by atoms with Crippen molar-refractivity contribution in [1.82, 2.24) is 4.98 Å². The first-order chi connectivity index (χ1) is 7.15. The zero-order chi connectivity index (χ0) is 10.8. The molecular formula is C10H8ClN3S. The number of nitrogens with two attached hydrogens (primary N) is 1. The SMILES string of the molecule is NC(=S)Nc1ccc2cnc(Cl)cc2c1. The molecule has 2 rings (SSSR count). The van der Waals surface area contributed by atoms with E-state index in [1.165, 1.54) is 0 Å². The number of anilines is 1. The lowest BCUT2D eigenvalue weighted by molar-refractivity contribution is 1.36. The normalized spacial score (nSPS) is 10.2. The van der Waals surface area contributed by atoms with E-state index in [-0.39, 0.29) is 5.11 Å². The van der Waals surface area contributed by atoms with Gasteiger partial charge in [-0.25, -0.2) is 4.98 Å². The molecule has 0 spiro atoms. The van der Waals surface area contributed by atoms with Crippen molar-refractivity contribution >= 4 is 45.4 Å². The van der Waals surface area contributed by atoms with Gasteiger partial charge in [0.05, 0.1) is 0 Å². The topological polar surface area (TPSA) is 50.9 Å². The summed E-state index contributed by atoms with van der Waals surface area (Å²) in [4.78, 5) is 3.99. The van der Waals surface area contributed by atoms with Crippen molar-refractivity contribution < 1.29 is 0 Å². The fourth-order valence-corrected chi connectivity index (χ4v) is 1.62. The van der Waals surface area contributed by atoms with Crippen molar-refractivity contribution in [2.75, 3.05) is 5.32 Å². The number of pyridine rings is 1. The van der Waals surface area contributed by atoms with Crippen LogP contribution in [0.2, 0.25) is 5.15 Å². The van der Waals surface area contributed by atoms with Crippen LogP contribution in [0.25, 0.3) is 10.8 Å². The minimum absolute atomic E-state index is 0.245. The third kappa shape index (κ3) is 2.34. The average molecular weight is 238 g/mol. The van der Waals surface area contributed by atoms with Crippen LogP contribution < -0.4 is 11.1 Å². The highest BCUT2D eigenvalue weighted by molar-refractivity contribution is 7.80. The van der Waals surface area contributed by atoms with Crippen molar-refractivity contribution in [1.29, 1.82) is 0 Å². The van der Waals surface area contributed by atoms with Crippen LogP contribution in [0.1, 0.15) is 0 Å². The molecule has 1 heterocycles. The summed E-state index contributed by atoms with van der Waals surface area (Å²) in [6, 6.07) is 7.53. The highest BCUT2D eigenvalue weighted by Crippen LogP contribution is 2.20. The summed E-state index contributed by atoms with van der Waals surface area (Å²) in [5, 5.41) is 5.59. The number of hydrogen-bond donors (Lipinski definition) is 2. The molecule has 0 saturated heterocycles. The van der Waals surface area contributed by atoms with E-state index < -0.39 is 0 Å². The van der Waals surface area contributed by atoms with E-state index in [0.29, 0.717) is 5.15 Å². The molecule has 15 heavy (non-hydrogen) atoms. The summed E-state index contributed by atoms with van der Waals surface area (Å²) in [6.07, 6.45) is 1.72. The van der Waals surface area contributed by atoms with Gasteiger partial charge in [-0.15, -0.1) is 0 Å². The predicted molar refractivity (Wildman–Crippen MR) is 67.2 cm³/mol. The Morgan fingerprint density at radius 2 is 2.13 bits per heavy atom. The van der Waals surface area contributed by atoms with Gasteiger partial charge in [0, 0.05) is 17.3 Å². The van der Waals surface area contributed by atoms with Crippen LogP contribution in [-0.4, -0.2) is 10.1 Å². The average Bonchev–Trinajstić information content (AvgIpc) is 2.16. The Hall–Kier alpha value is -1.39. The molecule has 1 aromatic heterocycles. The predicted octanol–water partition coefficient (Wildman–Crippen LogP) is 2.54. The number of rotatable bonds is 1. The number of hydrogen-bond acceptors (Lipinski definition) is 2. The van der Waals surface area contributed by atoms with Crippen molar-refractivity contribution in [2.24, 2.45) is 5.73 Å². The number of fused-ring (bicyclic) bond motifs is 1. The summed E-state index contributed by atoms with van der Waals surface area (Å²) < 4.78 is 0. The molecule has 1 aromatic carbocycles. The lowest BCUT2D eigenvalue weighted by atomic mass is 10.1. The molecule has 0 unspecified atom stereocenters. The minimum atomic E-state index is 0.245. The molecule has 0 fully saturated rings. The fraction of sp³-hybridized carbons (Fsp3) is 0. The first-order valence-electron chi connectivity index (χ1n) is 4.27. The molecule has 0 saturated carbocycles. The molecule has 0 aliphatic rings. The van der Waals surface area contributed by atoms with Gasteiger partial charge in [0.2, 0.25) is 0 Å². The van der Waals surface area contributed by atoms with E-state index in [1.807, 2.05) is 18.2 Å². The Morgan fingerprint density at radius 3 is 2.87 bits per heavy atom. The van der Waals surface area contributed by atoms with Crippen LogP contribution in [-0.2, 0) is 0 Å². The van der Waals surface area contributed by atoms with Crippen LogP contribution in [0.5, 0.6) is 0 Å². The molecule has 2 aromatic rings. The van der Waals surface area contributed by atoms with E-state index in [0.717, 1.165) is 16.5 Å². The Labute approximate surface area is 97.2 Å². The molecule has 0 bridgehead atoms. The first-order valence-corrected chi connectivity index (χ1v) is 5.05. The Morgan fingerprint density at radius 1 is 1.33 bits per heavy atom. The zero-order valence-electron chi connectivity index (χ0n) is 7.70. The molecule has 76 valence electrons. The molecule has 3 nitrogen and oxygen atoms in total. The van der Waals surface area contributed by atoms with Gasteiger partial charge in [0.1, 0.15) is 5.15 Å². The van der Waals surface area contributed by atoms with Gasteiger partial charge in [-0.3, -0.25) is 0 Å². The van der Waals surface area contributed by atoms with Crippen LogP contribution in [0.4, 0.5) is 5.69 Å². The number of aromatic nitrogens is 1. The first kappa shape index (κ1) is 10.1. The van der Waals surface area contributed by atoms with E-state index in [1.54, 1.807) is 12.3 Å². The molecule has 0 atom stereocenters. The lowest BCUT2D eigenvalue weighted by Crippen LogP contribution is -2.18. The molecule has 0 amide bonds. The smallest absolute Gasteiger partial charge is 0.168 e. The molecule has 0 aliphatic carbocycles. The highest BCUT2D eigenvalue weighted by Gasteiger charge is 1.98. The van der Waals surface area contributed by atoms with Crippen molar-refractivity contribution in [3.8, 4) is 0 Å². The quantitative estimate of drug-likeness (QED) is 0.591. The maximum atomic E-state index is 5.79. The van der Waals surface area contributed by atoms with E-state index in [9.17, 15) is 0 Å². The number of nitrogens with one attached hydrogen (secondary N) is 1. The monoisotopic (exact) mass is 237 g/mol. The van der Waals surface area contributed by atoms with Gasteiger partial charge in [-0.1, -0.05) is 17.7 Å². The molecular weight excluding hydrogens is 230 g/mol. The van der Waals surface area contributed by atoms with Gasteiger partial charge in [0.15, 0.2) is 5.11 Å². The minimum Gasteiger partial charge on any atom is -0.376 e. The second-order valence-corrected chi connectivity index (χ2v) is 3.89. The van der Waals surface area contributed by atoms with Crippen molar-refractivity contribution in [3.63, 3.8) is 0 Å². The van der Waals surface area contributed by atoms with E-state index in [4.69, 9.17) is 29.6 Å². The Balaban J connectivity index is 2.49. The summed E-state index contributed by atoms with van der Waals surface area (Å²) in [6.45, 7) is 0. The third-order valence-corrected chi connectivity index (χ3v) is 2.26. The Bertz CT molecular complexity index is 527. The lowest BCUT2D eigenvalue weighted by Gasteiger charge is -2.05. The van der Waals surface area contributed by atoms with Gasteiger partial charge < -0.3 is 11.1 Å². The molecule has 3 N–H and O–H groups in total. The second-order valence-electron chi connectivity index (χ2n) is 3.06. The van der Waals surface area contributed by atoms with E-state index in [2.05, 4.69) is 10.3 Å². The molecule has 5 heteroatoms. The largest absolute Gasteiger partial charge is 0.376 e. The second kappa shape index (κ2) is 4.00. The molecule has 0 radical (unpaired) electrons. The van der Waals surface area contributed by atoms with Gasteiger partial charge >= 0.3 is 0 Å². The summed E-state index contributed by atoms with van der Waals surface area (Å²) in [5.41, 5.74) is 6.23. The zero-order valence-corrected chi connectivity index (χ0v) is 9.27. The van der Waals surface area contributed by atoms with Crippen LogP contribution in [0.15, 0.2) is 30.5 Å². The maximum Gasteiger partial charge on any atom is 0.168 e. The number of halogens is 1. The highest BCUT2D eigenvalue weighted by atomic mass is 35.5. The summed E-state index contributed by atoms with van der Waals surface area (Å²) in [5.74, 6) is 0. The number of thiocarbonyl (C=S) groups is 1. The van der Waals surface area contributed by atoms with Gasteiger partial charge in [0.25, 0.3) is 0 Å². The van der Waals surface area contributed by atoms with Crippen LogP contribution in [0.3, 0.4) is 0 Å². The van der Waals surface area contributed by atoms with Crippen molar-refractivity contribution in [3.05, 3.63) is 35.6 Å². The van der Waals surface area contributed by atoms with Crippen LogP contribution >= 0.6 is 23.8 Å². The van der Waals surface area contributed by atoms with Gasteiger partial charge in [-0.05, 0) is 35.8 Å². The Kier molecular flexibility index (Phi) is 2.70. The fourth-order valence-electron chi connectivity index (χ4n) is 1.33. The summed E-state index contributed by atoms with van der Waals surface area (Å²) in [7, 11) is 0. The number of benzene rings is 1.